The molecule has 152 valence electrons. The molecule has 1 atom stereocenters. The van der Waals surface area contributed by atoms with E-state index in [1.165, 1.54) is 11.1 Å². The van der Waals surface area contributed by atoms with Crippen LogP contribution in [-0.2, 0) is 11.2 Å². The summed E-state index contributed by atoms with van der Waals surface area (Å²) in [6, 6.07) is 10.2. The molecule has 0 N–H and O–H groups in total. The summed E-state index contributed by atoms with van der Waals surface area (Å²) in [6.45, 7) is 16.2. The largest absolute Gasteiger partial charge is 0.330 e. The summed E-state index contributed by atoms with van der Waals surface area (Å²) in [5.41, 5.74) is 4.76. The third-order valence-corrected chi connectivity index (χ3v) is 4.80. The van der Waals surface area contributed by atoms with Crippen molar-refractivity contribution in [3.63, 3.8) is 0 Å². The van der Waals surface area contributed by atoms with Crippen LogP contribution in [0.2, 0.25) is 0 Å². The minimum Gasteiger partial charge on any atom is -0.330 e. The quantitative estimate of drug-likeness (QED) is 0.386. The van der Waals surface area contributed by atoms with Crippen LogP contribution in [0.1, 0.15) is 44.9 Å². The molecule has 1 aromatic rings. The second-order valence-corrected chi connectivity index (χ2v) is 6.56. The van der Waals surface area contributed by atoms with E-state index in [9.17, 15) is 4.79 Å². The number of hydrogen-bond donors (Lipinski definition) is 0. The molecule has 0 aromatic heterocycles. The van der Waals surface area contributed by atoms with Crippen LogP contribution in [0.5, 0.6) is 0 Å². The van der Waals surface area contributed by atoms with Crippen LogP contribution < -0.4 is 0 Å². The first-order chi connectivity index (χ1) is 13.9. The highest BCUT2D eigenvalue weighted by Crippen LogP contribution is 2.29. The zero-order valence-corrected chi connectivity index (χ0v) is 18.2. The fourth-order valence-corrected chi connectivity index (χ4v) is 3.09. The number of hydrogen-bond acceptors (Lipinski definition) is 3. The van der Waals surface area contributed by atoms with Gasteiger partial charge in [-0.3, -0.25) is 9.79 Å². The maximum Gasteiger partial charge on any atom is 0.272 e. The van der Waals surface area contributed by atoms with E-state index < -0.39 is 0 Å². The molecule has 29 heavy (non-hydrogen) atoms. The summed E-state index contributed by atoms with van der Waals surface area (Å²) >= 11 is 0. The predicted octanol–water partition coefficient (Wildman–Crippen LogP) is 5.37. The smallest absolute Gasteiger partial charge is 0.272 e. The van der Waals surface area contributed by atoms with Crippen molar-refractivity contribution in [1.29, 1.82) is 5.26 Å². The van der Waals surface area contributed by atoms with Gasteiger partial charge in [0, 0.05) is 19.2 Å². The van der Waals surface area contributed by atoms with Gasteiger partial charge < -0.3 is 4.90 Å². The van der Waals surface area contributed by atoms with Gasteiger partial charge in [-0.1, -0.05) is 57.3 Å². The van der Waals surface area contributed by atoms with Crippen molar-refractivity contribution in [2.45, 2.75) is 40.2 Å². The lowest BCUT2D eigenvalue weighted by Gasteiger charge is -2.35. The Kier molecular flexibility index (Phi) is 9.55. The number of allylic oxidation sites excluding steroid dienone is 5. The maximum absolute atomic E-state index is 13.1. The van der Waals surface area contributed by atoms with Crippen molar-refractivity contribution in [3.8, 4) is 6.07 Å². The molecule has 0 bridgehead atoms. The lowest BCUT2D eigenvalue weighted by molar-refractivity contribution is -0.126. The van der Waals surface area contributed by atoms with Crippen molar-refractivity contribution in [3.05, 3.63) is 83.5 Å². The number of nitrogens with zero attached hydrogens (tertiary/aromatic N) is 3. The Morgan fingerprint density at radius 1 is 1.28 bits per heavy atom. The summed E-state index contributed by atoms with van der Waals surface area (Å²) < 4.78 is 0. The molecule has 0 radical (unpaired) electrons. The van der Waals surface area contributed by atoms with Crippen molar-refractivity contribution < 1.29 is 4.79 Å². The zero-order chi connectivity index (χ0) is 22.0. The first-order valence-electron chi connectivity index (χ1n) is 9.89. The molecule has 1 aliphatic rings. The summed E-state index contributed by atoms with van der Waals surface area (Å²) in [4.78, 5) is 19.1. The summed E-state index contributed by atoms with van der Waals surface area (Å²) in [5, 5.41) is 8.77. The van der Waals surface area contributed by atoms with Crippen LogP contribution >= 0.6 is 0 Å². The highest BCUT2D eigenvalue weighted by atomic mass is 16.2. The minimum absolute atomic E-state index is 0.00922. The molecule has 1 aliphatic heterocycles. The van der Waals surface area contributed by atoms with E-state index in [0.717, 1.165) is 12.0 Å². The molecule has 1 unspecified atom stereocenters. The van der Waals surface area contributed by atoms with Gasteiger partial charge >= 0.3 is 0 Å². The first-order valence-corrected chi connectivity index (χ1v) is 9.89. The molecule has 0 saturated heterocycles. The number of amides is 1. The molecule has 1 aromatic carbocycles. The SMILES string of the molecule is C=C(C#N)/C=C\C(=C)/C(C)=C/C(=NC)C(=O)N1CCc2ccccc2C1C.CC. The Bertz CT molecular complexity index is 897. The van der Waals surface area contributed by atoms with Gasteiger partial charge in [0.05, 0.1) is 12.1 Å². The van der Waals surface area contributed by atoms with Gasteiger partial charge in [-0.2, -0.15) is 5.26 Å². The van der Waals surface area contributed by atoms with Gasteiger partial charge in [0.15, 0.2) is 0 Å². The normalized spacial score (nSPS) is 16.4. The van der Waals surface area contributed by atoms with E-state index in [1.54, 1.807) is 25.3 Å². The van der Waals surface area contributed by atoms with Gasteiger partial charge in [-0.25, -0.2) is 0 Å². The number of fused-ring (bicyclic) bond motifs is 1. The number of benzene rings is 1. The van der Waals surface area contributed by atoms with E-state index in [1.807, 2.05) is 43.9 Å². The van der Waals surface area contributed by atoms with Crippen molar-refractivity contribution in [2.24, 2.45) is 4.99 Å². The van der Waals surface area contributed by atoms with E-state index in [0.29, 0.717) is 23.4 Å². The maximum atomic E-state index is 13.1. The van der Waals surface area contributed by atoms with Gasteiger partial charge in [-0.05, 0) is 54.7 Å². The summed E-state index contributed by atoms with van der Waals surface area (Å²) in [7, 11) is 1.62. The molecular weight excluding hydrogens is 358 g/mol. The molecular formula is C25H31N3O. The molecule has 2 rings (SSSR count). The molecule has 0 spiro atoms. The van der Waals surface area contributed by atoms with Gasteiger partial charge in [-0.15, -0.1) is 0 Å². The average Bonchev–Trinajstić information content (AvgIpc) is 2.76. The molecule has 4 nitrogen and oxygen atoms in total. The van der Waals surface area contributed by atoms with Gasteiger partial charge in [0.25, 0.3) is 5.91 Å². The van der Waals surface area contributed by atoms with Crippen molar-refractivity contribution >= 4 is 11.6 Å². The van der Waals surface area contributed by atoms with Crippen LogP contribution in [0.15, 0.2) is 77.4 Å². The lowest BCUT2D eigenvalue weighted by atomic mass is 9.93. The third-order valence-electron chi connectivity index (χ3n) is 4.80. The van der Waals surface area contributed by atoms with Crippen LogP contribution in [0.3, 0.4) is 0 Å². The average molecular weight is 390 g/mol. The third kappa shape index (κ3) is 6.15. The fraction of sp³-hybridized carbons (Fsp3) is 0.320. The number of aliphatic imine (C=N–C) groups is 1. The Morgan fingerprint density at radius 2 is 1.93 bits per heavy atom. The molecule has 4 heteroatoms. The number of carbonyl (C=O) groups is 1. The minimum atomic E-state index is -0.0860. The monoisotopic (exact) mass is 389 g/mol. The molecule has 0 aliphatic carbocycles. The zero-order valence-electron chi connectivity index (χ0n) is 18.2. The highest BCUT2D eigenvalue weighted by Gasteiger charge is 2.29. The van der Waals surface area contributed by atoms with E-state index in [-0.39, 0.29) is 11.9 Å². The summed E-state index contributed by atoms with van der Waals surface area (Å²) in [6.07, 6.45) is 5.91. The van der Waals surface area contributed by atoms with E-state index in [2.05, 4.69) is 37.2 Å². The van der Waals surface area contributed by atoms with E-state index in [4.69, 9.17) is 5.26 Å². The van der Waals surface area contributed by atoms with Crippen molar-refractivity contribution in [1.82, 2.24) is 4.90 Å². The molecule has 1 amide bonds. The van der Waals surface area contributed by atoms with Gasteiger partial charge in [0.1, 0.15) is 5.71 Å². The van der Waals surface area contributed by atoms with Crippen LogP contribution in [0.4, 0.5) is 0 Å². The van der Waals surface area contributed by atoms with Crippen LogP contribution in [-0.4, -0.2) is 30.1 Å². The Labute approximate surface area is 175 Å². The fourth-order valence-electron chi connectivity index (χ4n) is 3.09. The molecule has 1 heterocycles. The predicted molar refractivity (Wildman–Crippen MR) is 122 cm³/mol. The second kappa shape index (κ2) is 11.6. The highest BCUT2D eigenvalue weighted by molar-refractivity contribution is 6.43. The Hall–Kier alpha value is -3.19. The summed E-state index contributed by atoms with van der Waals surface area (Å²) in [5.74, 6) is -0.0860. The van der Waals surface area contributed by atoms with E-state index >= 15 is 0 Å². The topological polar surface area (TPSA) is 56.5 Å². The number of carbonyl (C=O) groups excluding carboxylic acids is 1. The Balaban J connectivity index is 0.00000204. The van der Waals surface area contributed by atoms with Crippen molar-refractivity contribution in [2.75, 3.05) is 13.6 Å². The standard InChI is InChI=1S/C23H25N3O.C2H6/c1-16(15-24)10-11-17(2)18(3)14-22(25-5)23(27)26-13-12-20-8-6-7-9-21(20)19(26)4;1-2/h6-11,14,19H,1-2,12-13H2,3-5H3;1-2H3/b11-10-,18-14+,25-22?;. The van der Waals surface area contributed by atoms with Crippen LogP contribution in [0, 0.1) is 11.3 Å². The first kappa shape index (κ1) is 23.8. The van der Waals surface area contributed by atoms with Crippen LogP contribution in [0.25, 0.3) is 0 Å². The molecule has 0 fully saturated rings. The lowest BCUT2D eigenvalue weighted by Crippen LogP contribution is -2.42. The number of rotatable bonds is 5. The number of nitriles is 1. The second-order valence-electron chi connectivity index (χ2n) is 6.56. The molecule has 0 saturated carbocycles. The Morgan fingerprint density at radius 3 is 2.55 bits per heavy atom. The van der Waals surface area contributed by atoms with Gasteiger partial charge in [0.2, 0.25) is 0 Å².